The fourth-order valence-electron chi connectivity index (χ4n) is 4.32. The minimum Gasteiger partial charge on any atom is -0.322 e. The van der Waals surface area contributed by atoms with Crippen LogP contribution in [0.4, 0.5) is 10.5 Å². The fourth-order valence-corrected chi connectivity index (χ4v) is 4.32. The number of nitrogens with zero attached hydrogens (tertiary/aromatic N) is 2. The van der Waals surface area contributed by atoms with Gasteiger partial charge >= 0.3 is 6.03 Å². The third-order valence-electron chi connectivity index (χ3n) is 6.23. The summed E-state index contributed by atoms with van der Waals surface area (Å²) in [6.45, 7) is 9.43. The number of hydrogen-bond acceptors (Lipinski definition) is 2. The standard InChI is InChI=1S/C27H31N3O/c1-20-12-14-23(15-13-20)26(24-10-6-4-8-21(24)2)29-16-18-30(19-17-29)27(31)28-25-11-7-5-9-22(25)3/h4-15,26H,16-19H2,1-3H3,(H,28,31). The molecule has 31 heavy (non-hydrogen) atoms. The van der Waals surface area contributed by atoms with Crippen molar-refractivity contribution in [1.29, 1.82) is 0 Å². The van der Waals surface area contributed by atoms with E-state index in [0.29, 0.717) is 13.1 Å². The monoisotopic (exact) mass is 413 g/mol. The van der Waals surface area contributed by atoms with Crippen molar-refractivity contribution in [2.24, 2.45) is 0 Å². The maximum absolute atomic E-state index is 12.8. The van der Waals surface area contributed by atoms with Crippen LogP contribution >= 0.6 is 0 Å². The number of rotatable bonds is 4. The molecule has 0 spiro atoms. The zero-order valence-corrected chi connectivity index (χ0v) is 18.6. The first-order valence-corrected chi connectivity index (χ1v) is 11.0. The molecule has 0 radical (unpaired) electrons. The summed E-state index contributed by atoms with van der Waals surface area (Å²) in [6.07, 6.45) is 0. The van der Waals surface area contributed by atoms with E-state index >= 15 is 0 Å². The summed E-state index contributed by atoms with van der Waals surface area (Å²) in [5.74, 6) is 0. The minimum atomic E-state index is -0.0169. The number of anilines is 1. The molecule has 1 atom stereocenters. The van der Waals surface area contributed by atoms with E-state index in [-0.39, 0.29) is 12.1 Å². The van der Waals surface area contributed by atoms with Crippen molar-refractivity contribution in [2.45, 2.75) is 26.8 Å². The Kier molecular flexibility index (Phi) is 6.38. The maximum Gasteiger partial charge on any atom is 0.321 e. The number of hydrogen-bond donors (Lipinski definition) is 1. The van der Waals surface area contributed by atoms with E-state index < -0.39 is 0 Å². The van der Waals surface area contributed by atoms with Crippen LogP contribution in [0.1, 0.15) is 33.9 Å². The number of aryl methyl sites for hydroxylation is 3. The molecule has 1 aliphatic rings. The van der Waals surface area contributed by atoms with Crippen LogP contribution < -0.4 is 5.32 Å². The van der Waals surface area contributed by atoms with Gasteiger partial charge in [0.15, 0.2) is 0 Å². The van der Waals surface area contributed by atoms with Gasteiger partial charge in [-0.3, -0.25) is 4.90 Å². The van der Waals surface area contributed by atoms with Gasteiger partial charge in [0.2, 0.25) is 0 Å². The number of benzene rings is 3. The van der Waals surface area contributed by atoms with E-state index in [1.165, 1.54) is 22.3 Å². The van der Waals surface area contributed by atoms with Crippen molar-refractivity contribution < 1.29 is 4.79 Å². The molecular weight excluding hydrogens is 382 g/mol. The smallest absolute Gasteiger partial charge is 0.321 e. The van der Waals surface area contributed by atoms with Crippen LogP contribution in [0.3, 0.4) is 0 Å². The van der Waals surface area contributed by atoms with Gasteiger partial charge in [-0.2, -0.15) is 0 Å². The van der Waals surface area contributed by atoms with E-state index in [1.807, 2.05) is 36.1 Å². The Bertz CT molecular complexity index is 1040. The molecule has 0 bridgehead atoms. The van der Waals surface area contributed by atoms with Crippen LogP contribution in [0.5, 0.6) is 0 Å². The van der Waals surface area contributed by atoms with E-state index in [0.717, 1.165) is 24.3 Å². The molecule has 1 fully saturated rings. The number of nitrogens with one attached hydrogen (secondary N) is 1. The first-order valence-electron chi connectivity index (χ1n) is 11.0. The Balaban J connectivity index is 1.50. The van der Waals surface area contributed by atoms with E-state index in [9.17, 15) is 4.79 Å². The molecule has 1 saturated heterocycles. The van der Waals surface area contributed by atoms with Crippen LogP contribution in [0, 0.1) is 20.8 Å². The van der Waals surface area contributed by atoms with E-state index in [4.69, 9.17) is 0 Å². The second-order valence-corrected chi connectivity index (χ2v) is 8.44. The molecule has 1 N–H and O–H groups in total. The topological polar surface area (TPSA) is 35.6 Å². The zero-order chi connectivity index (χ0) is 21.8. The van der Waals surface area contributed by atoms with Gasteiger partial charge in [0, 0.05) is 31.9 Å². The predicted molar refractivity (Wildman–Crippen MR) is 128 cm³/mol. The second-order valence-electron chi connectivity index (χ2n) is 8.44. The highest BCUT2D eigenvalue weighted by atomic mass is 16.2. The minimum absolute atomic E-state index is 0.0169. The highest BCUT2D eigenvalue weighted by molar-refractivity contribution is 5.90. The summed E-state index contributed by atoms with van der Waals surface area (Å²) >= 11 is 0. The summed E-state index contributed by atoms with van der Waals surface area (Å²) in [6, 6.07) is 25.6. The third kappa shape index (κ3) is 4.80. The number of amides is 2. The average Bonchev–Trinajstić information content (AvgIpc) is 2.78. The number of urea groups is 1. The molecule has 3 aromatic carbocycles. The lowest BCUT2D eigenvalue weighted by Gasteiger charge is -2.40. The highest BCUT2D eigenvalue weighted by Gasteiger charge is 2.29. The molecule has 4 nitrogen and oxygen atoms in total. The molecule has 1 heterocycles. The molecular formula is C27H31N3O. The predicted octanol–water partition coefficient (Wildman–Crippen LogP) is 5.55. The summed E-state index contributed by atoms with van der Waals surface area (Å²) in [4.78, 5) is 17.3. The first kappa shape index (κ1) is 21.1. The normalized spacial score (nSPS) is 15.5. The van der Waals surface area contributed by atoms with Crippen molar-refractivity contribution in [2.75, 3.05) is 31.5 Å². The quantitative estimate of drug-likeness (QED) is 0.609. The van der Waals surface area contributed by atoms with Crippen molar-refractivity contribution >= 4 is 11.7 Å². The van der Waals surface area contributed by atoms with Crippen LogP contribution in [0.25, 0.3) is 0 Å². The summed E-state index contributed by atoms with van der Waals surface area (Å²) in [7, 11) is 0. The molecule has 2 amide bonds. The number of piperazine rings is 1. The van der Waals surface area contributed by atoms with Crippen molar-refractivity contribution in [3.8, 4) is 0 Å². The van der Waals surface area contributed by atoms with Crippen LogP contribution in [0.15, 0.2) is 72.8 Å². The van der Waals surface area contributed by atoms with Gasteiger partial charge in [-0.1, -0.05) is 72.3 Å². The summed E-state index contributed by atoms with van der Waals surface area (Å²) in [5.41, 5.74) is 7.17. The van der Waals surface area contributed by atoms with Crippen molar-refractivity contribution in [3.05, 3.63) is 101 Å². The average molecular weight is 414 g/mol. The van der Waals surface area contributed by atoms with Gasteiger partial charge in [-0.15, -0.1) is 0 Å². The number of carbonyl (C=O) groups is 1. The van der Waals surface area contributed by atoms with Gasteiger partial charge < -0.3 is 10.2 Å². The maximum atomic E-state index is 12.8. The molecule has 0 aromatic heterocycles. The van der Waals surface area contributed by atoms with Gasteiger partial charge in [-0.05, 0) is 49.1 Å². The van der Waals surface area contributed by atoms with Crippen LogP contribution in [-0.2, 0) is 0 Å². The fraction of sp³-hybridized carbons (Fsp3) is 0.296. The van der Waals surface area contributed by atoms with Crippen molar-refractivity contribution in [1.82, 2.24) is 9.80 Å². The lowest BCUT2D eigenvalue weighted by molar-refractivity contribution is 0.126. The lowest BCUT2D eigenvalue weighted by Crippen LogP contribution is -2.51. The van der Waals surface area contributed by atoms with Crippen molar-refractivity contribution in [3.63, 3.8) is 0 Å². The number of para-hydroxylation sites is 1. The van der Waals surface area contributed by atoms with Gasteiger partial charge in [-0.25, -0.2) is 4.79 Å². The van der Waals surface area contributed by atoms with Gasteiger partial charge in [0.05, 0.1) is 6.04 Å². The molecule has 160 valence electrons. The molecule has 3 aromatic rings. The van der Waals surface area contributed by atoms with E-state index in [1.54, 1.807) is 0 Å². The van der Waals surface area contributed by atoms with Crippen LogP contribution in [-0.4, -0.2) is 42.0 Å². The Morgan fingerprint density at radius 1 is 0.774 bits per heavy atom. The molecule has 0 aliphatic carbocycles. The third-order valence-corrected chi connectivity index (χ3v) is 6.23. The molecule has 1 unspecified atom stereocenters. The van der Waals surface area contributed by atoms with Gasteiger partial charge in [0.25, 0.3) is 0 Å². The Hall–Kier alpha value is -3.11. The van der Waals surface area contributed by atoms with Crippen LogP contribution in [0.2, 0.25) is 0 Å². The zero-order valence-electron chi connectivity index (χ0n) is 18.6. The summed E-state index contributed by atoms with van der Waals surface area (Å²) in [5, 5.41) is 3.07. The Morgan fingerprint density at radius 2 is 1.39 bits per heavy atom. The molecule has 4 heteroatoms. The van der Waals surface area contributed by atoms with Gasteiger partial charge in [0.1, 0.15) is 0 Å². The second kappa shape index (κ2) is 9.36. The molecule has 0 saturated carbocycles. The Morgan fingerprint density at radius 3 is 2.03 bits per heavy atom. The first-order chi connectivity index (χ1) is 15.0. The number of carbonyl (C=O) groups excluding carboxylic acids is 1. The SMILES string of the molecule is Cc1ccc(C(c2ccccc2C)N2CCN(C(=O)Nc3ccccc3C)CC2)cc1. The largest absolute Gasteiger partial charge is 0.322 e. The Labute approximate surface area is 185 Å². The molecule has 4 rings (SSSR count). The summed E-state index contributed by atoms with van der Waals surface area (Å²) < 4.78 is 0. The molecule has 1 aliphatic heterocycles. The van der Waals surface area contributed by atoms with E-state index in [2.05, 4.69) is 72.6 Å². The highest BCUT2D eigenvalue weighted by Crippen LogP contribution is 2.32. The lowest BCUT2D eigenvalue weighted by atomic mass is 9.92.